The van der Waals surface area contributed by atoms with Gasteiger partial charge in [-0.05, 0) is 11.8 Å². The third kappa shape index (κ3) is 4.68. The molecule has 0 radical (unpaired) electrons. The largest absolute Gasteiger partial charge is 0.247 e. The molecule has 0 spiro atoms. The van der Waals surface area contributed by atoms with Gasteiger partial charge in [-0.2, -0.15) is 0 Å². The highest BCUT2D eigenvalue weighted by Crippen LogP contribution is 2.24. The number of aliphatic imine (C=N–C) groups is 1. The summed E-state index contributed by atoms with van der Waals surface area (Å²) in [6.07, 6.45) is 0.784. The molecule has 2 nitrogen and oxygen atoms in total. The minimum absolute atomic E-state index is 0.238. The quantitative estimate of drug-likeness (QED) is 0.458. The van der Waals surface area contributed by atoms with Crippen LogP contribution in [0.25, 0.3) is 0 Å². The maximum absolute atomic E-state index is 13.0. The van der Waals surface area contributed by atoms with Crippen molar-refractivity contribution < 1.29 is 9.18 Å². The Morgan fingerprint density at radius 1 is 1.55 bits per heavy atom. The molecule has 0 aromatic heterocycles. The van der Waals surface area contributed by atoms with Gasteiger partial charge in [-0.3, -0.25) is 0 Å². The van der Waals surface area contributed by atoms with Gasteiger partial charge in [0.25, 0.3) is 0 Å². The van der Waals surface area contributed by atoms with Crippen LogP contribution in [0, 0.1) is 5.41 Å². The van der Waals surface area contributed by atoms with E-state index < -0.39 is 6.17 Å². The maximum atomic E-state index is 13.0. The van der Waals surface area contributed by atoms with E-state index in [2.05, 4.69) is 4.99 Å². The summed E-state index contributed by atoms with van der Waals surface area (Å²) >= 11 is 0. The third-order valence-electron chi connectivity index (χ3n) is 1.50. The van der Waals surface area contributed by atoms with Crippen molar-refractivity contribution in [1.82, 2.24) is 0 Å². The van der Waals surface area contributed by atoms with E-state index >= 15 is 0 Å². The molecule has 1 unspecified atom stereocenters. The molecule has 0 fully saturated rings. The summed E-state index contributed by atoms with van der Waals surface area (Å²) < 4.78 is 13.0. The Morgan fingerprint density at radius 3 is 2.45 bits per heavy atom. The summed E-state index contributed by atoms with van der Waals surface area (Å²) in [5, 5.41) is 0. The Labute approximate surface area is 66.5 Å². The summed E-state index contributed by atoms with van der Waals surface area (Å²) in [5.74, 6) is 0. The molecular weight excluding hydrogens is 145 g/mol. The SMILES string of the molecule is CC(C)(C)C(F)CCN=C=O. The molecule has 64 valence electrons. The molecule has 0 heterocycles. The van der Waals surface area contributed by atoms with Crippen LogP contribution in [0.15, 0.2) is 4.99 Å². The van der Waals surface area contributed by atoms with Crippen molar-refractivity contribution >= 4 is 6.08 Å². The predicted octanol–water partition coefficient (Wildman–Crippen LogP) is 2.10. The number of isocyanates is 1. The molecule has 0 aliphatic carbocycles. The Morgan fingerprint density at radius 2 is 2.09 bits per heavy atom. The smallest absolute Gasteiger partial charge is 0.234 e. The highest BCUT2D eigenvalue weighted by Gasteiger charge is 2.23. The van der Waals surface area contributed by atoms with E-state index in [1.54, 1.807) is 0 Å². The highest BCUT2D eigenvalue weighted by atomic mass is 19.1. The van der Waals surface area contributed by atoms with E-state index in [1.165, 1.54) is 6.08 Å². The van der Waals surface area contributed by atoms with Crippen molar-refractivity contribution in [2.45, 2.75) is 33.4 Å². The molecular formula is C8H14FNO. The topological polar surface area (TPSA) is 29.4 Å². The first-order valence-corrected chi connectivity index (χ1v) is 3.66. The minimum atomic E-state index is -0.903. The molecule has 1 atom stereocenters. The van der Waals surface area contributed by atoms with E-state index in [1.807, 2.05) is 20.8 Å². The van der Waals surface area contributed by atoms with E-state index in [9.17, 15) is 9.18 Å². The first kappa shape index (κ1) is 10.3. The van der Waals surface area contributed by atoms with Gasteiger partial charge in [0.15, 0.2) is 0 Å². The molecule has 0 amide bonds. The van der Waals surface area contributed by atoms with Gasteiger partial charge in [-0.15, -0.1) is 0 Å². The molecule has 0 bridgehead atoms. The summed E-state index contributed by atoms with van der Waals surface area (Å²) in [6.45, 7) is 5.70. The fourth-order valence-electron chi connectivity index (χ4n) is 0.657. The standard InChI is InChI=1S/C8H14FNO/c1-8(2,3)7(9)4-5-10-6-11/h7H,4-5H2,1-3H3. The zero-order valence-corrected chi connectivity index (χ0v) is 7.22. The number of carbonyl (C=O) groups excluding carboxylic acids is 1. The van der Waals surface area contributed by atoms with Crippen molar-refractivity contribution in [3.8, 4) is 0 Å². The van der Waals surface area contributed by atoms with Gasteiger partial charge in [0.05, 0.1) is 6.54 Å². The fraction of sp³-hybridized carbons (Fsp3) is 0.875. The second-order valence-electron chi connectivity index (χ2n) is 3.60. The van der Waals surface area contributed by atoms with Crippen LogP contribution in [0.1, 0.15) is 27.2 Å². The van der Waals surface area contributed by atoms with Crippen molar-refractivity contribution in [2.24, 2.45) is 10.4 Å². The van der Waals surface area contributed by atoms with Gasteiger partial charge in [0, 0.05) is 0 Å². The lowest BCUT2D eigenvalue weighted by Crippen LogP contribution is -2.22. The minimum Gasteiger partial charge on any atom is -0.247 e. The van der Waals surface area contributed by atoms with Crippen LogP contribution >= 0.6 is 0 Å². The van der Waals surface area contributed by atoms with Gasteiger partial charge in [-0.1, -0.05) is 20.8 Å². The van der Waals surface area contributed by atoms with E-state index in [0.29, 0.717) is 6.42 Å². The van der Waals surface area contributed by atoms with Gasteiger partial charge in [0.1, 0.15) is 6.17 Å². The van der Waals surface area contributed by atoms with Gasteiger partial charge >= 0.3 is 0 Å². The maximum Gasteiger partial charge on any atom is 0.234 e. The first-order chi connectivity index (χ1) is 4.98. The second kappa shape index (κ2) is 4.24. The molecule has 11 heavy (non-hydrogen) atoms. The first-order valence-electron chi connectivity index (χ1n) is 3.66. The summed E-state index contributed by atoms with van der Waals surface area (Å²) in [7, 11) is 0. The van der Waals surface area contributed by atoms with Gasteiger partial charge in [0.2, 0.25) is 6.08 Å². The highest BCUT2D eigenvalue weighted by molar-refractivity contribution is 5.32. The van der Waals surface area contributed by atoms with Crippen LogP contribution in [0.4, 0.5) is 4.39 Å². The lowest BCUT2D eigenvalue weighted by molar-refractivity contribution is 0.155. The summed E-state index contributed by atoms with van der Waals surface area (Å²) in [4.78, 5) is 12.9. The number of alkyl halides is 1. The molecule has 0 aromatic carbocycles. The number of hydrogen-bond acceptors (Lipinski definition) is 2. The van der Waals surface area contributed by atoms with Crippen molar-refractivity contribution in [3.63, 3.8) is 0 Å². The number of halogens is 1. The van der Waals surface area contributed by atoms with Gasteiger partial charge < -0.3 is 0 Å². The van der Waals surface area contributed by atoms with Gasteiger partial charge in [-0.25, -0.2) is 14.2 Å². The normalized spacial score (nSPS) is 13.8. The number of hydrogen-bond donors (Lipinski definition) is 0. The average Bonchev–Trinajstić information content (AvgIpc) is 1.86. The van der Waals surface area contributed by atoms with E-state index in [-0.39, 0.29) is 12.0 Å². The monoisotopic (exact) mass is 159 g/mol. The molecule has 3 heteroatoms. The second-order valence-corrected chi connectivity index (χ2v) is 3.60. The Hall–Kier alpha value is -0.690. The lowest BCUT2D eigenvalue weighted by atomic mass is 9.88. The van der Waals surface area contributed by atoms with Crippen molar-refractivity contribution in [2.75, 3.05) is 6.54 Å². The Bertz CT molecular complexity index is 156. The van der Waals surface area contributed by atoms with Crippen LogP contribution in [0.3, 0.4) is 0 Å². The Balaban J connectivity index is 3.69. The number of rotatable bonds is 3. The molecule has 0 rings (SSSR count). The average molecular weight is 159 g/mol. The fourth-order valence-corrected chi connectivity index (χ4v) is 0.657. The van der Waals surface area contributed by atoms with Crippen LogP contribution in [-0.4, -0.2) is 18.8 Å². The molecule has 0 aromatic rings. The molecule has 0 saturated heterocycles. The molecule has 0 aliphatic rings. The Kier molecular flexibility index (Phi) is 3.98. The van der Waals surface area contributed by atoms with Crippen molar-refractivity contribution in [3.05, 3.63) is 0 Å². The molecule has 0 aliphatic heterocycles. The van der Waals surface area contributed by atoms with Crippen LogP contribution < -0.4 is 0 Å². The van der Waals surface area contributed by atoms with Crippen LogP contribution in [0.5, 0.6) is 0 Å². The van der Waals surface area contributed by atoms with Crippen LogP contribution in [-0.2, 0) is 4.79 Å². The van der Waals surface area contributed by atoms with Crippen LogP contribution in [0.2, 0.25) is 0 Å². The molecule has 0 N–H and O–H groups in total. The predicted molar refractivity (Wildman–Crippen MR) is 42.0 cm³/mol. The summed E-state index contributed by atoms with van der Waals surface area (Å²) in [5.41, 5.74) is -0.349. The zero-order valence-electron chi connectivity index (χ0n) is 7.22. The summed E-state index contributed by atoms with van der Waals surface area (Å²) in [6, 6.07) is 0. The third-order valence-corrected chi connectivity index (χ3v) is 1.50. The number of nitrogens with zero attached hydrogens (tertiary/aromatic N) is 1. The lowest BCUT2D eigenvalue weighted by Gasteiger charge is -2.22. The zero-order chi connectivity index (χ0) is 8.91. The van der Waals surface area contributed by atoms with Crippen molar-refractivity contribution in [1.29, 1.82) is 0 Å². The molecule has 0 saturated carbocycles. The van der Waals surface area contributed by atoms with E-state index in [4.69, 9.17) is 0 Å². The van der Waals surface area contributed by atoms with E-state index in [0.717, 1.165) is 0 Å².